The molecule has 3 aliphatic heterocycles. The van der Waals surface area contributed by atoms with Gasteiger partial charge in [-0.15, -0.1) is 24.9 Å². The number of hydrogen-bond donors (Lipinski definition) is 1. The average molecular weight is 675 g/mol. The van der Waals surface area contributed by atoms with E-state index < -0.39 is 28.7 Å². The van der Waals surface area contributed by atoms with Gasteiger partial charge in [0.15, 0.2) is 0 Å². The molecule has 4 rings (SSSR count). The average Bonchev–Trinajstić information content (AvgIpc) is 3.60. The van der Waals surface area contributed by atoms with Crippen LogP contribution in [-0.4, -0.2) is 90.7 Å². The van der Waals surface area contributed by atoms with Crippen molar-refractivity contribution in [3.63, 3.8) is 0 Å². The van der Waals surface area contributed by atoms with Crippen molar-refractivity contribution < 1.29 is 19.5 Å². The molecule has 3 heterocycles. The molecule has 43 heavy (non-hydrogen) atoms. The van der Waals surface area contributed by atoms with E-state index in [0.29, 0.717) is 32.6 Å². The van der Waals surface area contributed by atoms with Crippen molar-refractivity contribution in [3.8, 4) is 0 Å². The predicted octanol–water partition coefficient (Wildman–Crippen LogP) is 5.28. The van der Waals surface area contributed by atoms with E-state index in [-0.39, 0.29) is 40.3 Å². The Hall–Kier alpha value is -2.10. The number of halogens is 1. The summed E-state index contributed by atoms with van der Waals surface area (Å²) in [7, 11) is 0. The number of thioether (sulfide) groups is 1. The molecular formula is C34H48BrN3O4S. The van der Waals surface area contributed by atoms with Crippen LogP contribution in [0.25, 0.3) is 0 Å². The van der Waals surface area contributed by atoms with Crippen LogP contribution in [0.5, 0.6) is 0 Å². The van der Waals surface area contributed by atoms with Gasteiger partial charge in [0, 0.05) is 36.3 Å². The Kier molecular flexibility index (Phi) is 11.6. The maximum Gasteiger partial charge on any atom is 0.247 e. The van der Waals surface area contributed by atoms with Crippen LogP contribution in [0.2, 0.25) is 0 Å². The highest BCUT2D eigenvalue weighted by atomic mass is 79.9. The standard InChI is InChI=1S/C34H48BrN3O4S/c1-6-10-14-19-36(17-7-2)33(42)30-34-20-25(35)29(43-34)27(28(34)32(41)38(30)26(22-39)23(5)9-4)31(40)37(18-8-3)21-24-15-12-11-13-16-24/h7-8,11-13,15-16,23,25-30,39H,2-3,6,9-10,14,17-22H2,1,4-5H3/t23-,25?,26-,27-,28-,29-,30?,34?/m0/s1. The summed E-state index contributed by atoms with van der Waals surface area (Å²) in [5, 5.41) is 10.5. The minimum atomic E-state index is -0.759. The smallest absolute Gasteiger partial charge is 0.247 e. The second-order valence-electron chi connectivity index (χ2n) is 12.3. The fourth-order valence-corrected chi connectivity index (χ4v) is 11.0. The fraction of sp³-hybridized carbons (Fsp3) is 0.618. The zero-order valence-electron chi connectivity index (χ0n) is 25.9. The molecule has 3 amide bonds. The number of rotatable bonds is 16. The molecule has 0 saturated carbocycles. The molecule has 1 aromatic carbocycles. The monoisotopic (exact) mass is 673 g/mol. The van der Waals surface area contributed by atoms with Gasteiger partial charge in [0.1, 0.15) is 6.04 Å². The molecule has 0 aliphatic carbocycles. The van der Waals surface area contributed by atoms with Crippen LogP contribution in [-0.2, 0) is 20.9 Å². The SMILES string of the molecule is C=CCN(CCCCC)C(=O)C1N([C@@H](CO)[C@@H](C)CC)C(=O)[C@@H]2[C@H](C(=O)N(CC=C)Cc3ccccc3)[C@H]3SC12CC3Br. The molecule has 3 saturated heterocycles. The molecule has 8 atom stereocenters. The number of benzene rings is 1. The second kappa shape index (κ2) is 14.8. The largest absolute Gasteiger partial charge is 0.394 e. The van der Waals surface area contributed by atoms with E-state index in [9.17, 15) is 19.5 Å². The lowest BCUT2D eigenvalue weighted by molar-refractivity contribution is -0.148. The first kappa shape index (κ1) is 33.8. The highest BCUT2D eigenvalue weighted by molar-refractivity contribution is 9.09. The van der Waals surface area contributed by atoms with Crippen LogP contribution in [0.15, 0.2) is 55.6 Å². The lowest BCUT2D eigenvalue weighted by Gasteiger charge is -2.41. The lowest BCUT2D eigenvalue weighted by atomic mass is 9.70. The number of aliphatic hydroxyl groups is 1. The van der Waals surface area contributed by atoms with E-state index in [0.717, 1.165) is 31.2 Å². The Morgan fingerprint density at radius 3 is 2.42 bits per heavy atom. The zero-order chi connectivity index (χ0) is 31.3. The third kappa shape index (κ3) is 6.36. The summed E-state index contributed by atoms with van der Waals surface area (Å²) in [6.07, 6.45) is 7.75. The van der Waals surface area contributed by atoms with Crippen LogP contribution >= 0.6 is 27.7 Å². The first-order chi connectivity index (χ1) is 20.7. The molecular weight excluding hydrogens is 626 g/mol. The molecule has 7 nitrogen and oxygen atoms in total. The van der Waals surface area contributed by atoms with Crippen LogP contribution in [0.4, 0.5) is 0 Å². The molecule has 2 bridgehead atoms. The number of carbonyl (C=O) groups excluding carboxylic acids is 3. The normalized spacial score (nSPS) is 28.8. The van der Waals surface area contributed by atoms with Crippen molar-refractivity contribution in [2.75, 3.05) is 26.2 Å². The molecule has 236 valence electrons. The van der Waals surface area contributed by atoms with Gasteiger partial charge in [-0.2, -0.15) is 0 Å². The van der Waals surface area contributed by atoms with Crippen molar-refractivity contribution in [3.05, 3.63) is 61.2 Å². The molecule has 3 unspecified atom stereocenters. The minimum absolute atomic E-state index is 0.0149. The Morgan fingerprint density at radius 2 is 1.81 bits per heavy atom. The summed E-state index contributed by atoms with van der Waals surface area (Å²) in [6, 6.07) is 8.58. The summed E-state index contributed by atoms with van der Waals surface area (Å²) in [6.45, 7) is 15.5. The summed E-state index contributed by atoms with van der Waals surface area (Å²) >= 11 is 5.54. The number of hydrogen-bond acceptors (Lipinski definition) is 5. The van der Waals surface area contributed by atoms with E-state index in [1.54, 1.807) is 33.7 Å². The molecule has 1 aromatic rings. The van der Waals surface area contributed by atoms with Gasteiger partial charge in [-0.25, -0.2) is 0 Å². The van der Waals surface area contributed by atoms with Gasteiger partial charge in [-0.1, -0.05) is 98.4 Å². The minimum Gasteiger partial charge on any atom is -0.394 e. The van der Waals surface area contributed by atoms with Gasteiger partial charge in [-0.05, 0) is 24.3 Å². The van der Waals surface area contributed by atoms with Crippen LogP contribution < -0.4 is 0 Å². The Balaban J connectivity index is 1.78. The number of unbranched alkanes of at least 4 members (excludes halogenated alkanes) is 2. The summed E-state index contributed by atoms with van der Waals surface area (Å²) < 4.78 is -0.759. The summed E-state index contributed by atoms with van der Waals surface area (Å²) in [5.41, 5.74) is 1.01. The fourth-order valence-electron chi connectivity index (χ4n) is 7.38. The van der Waals surface area contributed by atoms with Crippen molar-refractivity contribution in [1.29, 1.82) is 0 Å². The molecule has 3 fully saturated rings. The molecule has 3 aliphatic rings. The second-order valence-corrected chi connectivity index (χ2v) is 15.0. The highest BCUT2D eigenvalue weighted by Gasteiger charge is 2.76. The van der Waals surface area contributed by atoms with Crippen LogP contribution in [0, 0.1) is 17.8 Å². The molecule has 9 heteroatoms. The Morgan fingerprint density at radius 1 is 1.14 bits per heavy atom. The van der Waals surface area contributed by atoms with Crippen molar-refractivity contribution in [2.24, 2.45) is 17.8 Å². The number of aliphatic hydroxyl groups excluding tert-OH is 1. The quantitative estimate of drug-likeness (QED) is 0.147. The lowest BCUT2D eigenvalue weighted by Crippen LogP contribution is -2.59. The van der Waals surface area contributed by atoms with Crippen molar-refractivity contribution in [2.45, 2.75) is 86.3 Å². The maximum atomic E-state index is 14.7. The Labute approximate surface area is 270 Å². The van der Waals surface area contributed by atoms with Crippen LogP contribution in [0.1, 0.15) is 58.4 Å². The van der Waals surface area contributed by atoms with Gasteiger partial charge < -0.3 is 19.8 Å². The zero-order valence-corrected chi connectivity index (χ0v) is 28.3. The number of alkyl halides is 1. The maximum absolute atomic E-state index is 14.7. The molecule has 1 N–H and O–H groups in total. The van der Waals surface area contributed by atoms with E-state index in [1.807, 2.05) is 49.1 Å². The van der Waals surface area contributed by atoms with Gasteiger partial charge in [0.2, 0.25) is 17.7 Å². The van der Waals surface area contributed by atoms with Gasteiger partial charge in [0.25, 0.3) is 0 Å². The number of amides is 3. The number of fused-ring (bicyclic) bond motifs is 1. The first-order valence-corrected chi connectivity index (χ1v) is 17.6. The first-order valence-electron chi connectivity index (χ1n) is 15.8. The molecule has 0 aromatic heterocycles. The number of nitrogens with zero attached hydrogens (tertiary/aromatic N) is 3. The molecule has 0 radical (unpaired) electrons. The Bertz CT molecular complexity index is 1170. The van der Waals surface area contributed by atoms with E-state index in [1.165, 1.54) is 0 Å². The number of carbonyl (C=O) groups is 3. The third-order valence-corrected chi connectivity index (χ3v) is 12.9. The topological polar surface area (TPSA) is 81.2 Å². The van der Waals surface area contributed by atoms with E-state index in [4.69, 9.17) is 0 Å². The van der Waals surface area contributed by atoms with Gasteiger partial charge in [-0.3, -0.25) is 14.4 Å². The van der Waals surface area contributed by atoms with Crippen LogP contribution in [0.3, 0.4) is 0 Å². The van der Waals surface area contributed by atoms with Crippen molar-refractivity contribution in [1.82, 2.24) is 14.7 Å². The summed E-state index contributed by atoms with van der Waals surface area (Å²) in [4.78, 5) is 49.2. The van der Waals surface area contributed by atoms with E-state index in [2.05, 4.69) is 36.0 Å². The van der Waals surface area contributed by atoms with Gasteiger partial charge >= 0.3 is 0 Å². The third-order valence-electron chi connectivity index (χ3n) is 9.66. The number of likely N-dealkylation sites (tertiary alicyclic amines) is 1. The highest BCUT2D eigenvalue weighted by Crippen LogP contribution is 2.68. The van der Waals surface area contributed by atoms with E-state index >= 15 is 0 Å². The van der Waals surface area contributed by atoms with Gasteiger partial charge in [0.05, 0.1) is 29.2 Å². The molecule has 1 spiro atoms. The summed E-state index contributed by atoms with van der Waals surface area (Å²) in [5.74, 6) is -1.57. The van der Waals surface area contributed by atoms with Crippen molar-refractivity contribution >= 4 is 45.4 Å². The predicted molar refractivity (Wildman–Crippen MR) is 178 cm³/mol.